The van der Waals surface area contributed by atoms with E-state index in [1.54, 1.807) is 11.3 Å². The van der Waals surface area contributed by atoms with Crippen molar-refractivity contribution in [1.29, 1.82) is 0 Å². The van der Waals surface area contributed by atoms with Gasteiger partial charge in [0.1, 0.15) is 5.01 Å². The Labute approximate surface area is 172 Å². The fourth-order valence-electron chi connectivity index (χ4n) is 4.58. The first-order valence-electron chi connectivity index (χ1n) is 10.5. The van der Waals surface area contributed by atoms with E-state index in [0.29, 0.717) is 18.1 Å². The topological polar surface area (TPSA) is 52.6 Å². The van der Waals surface area contributed by atoms with Gasteiger partial charge in [-0.05, 0) is 37.7 Å². The quantitative estimate of drug-likeness (QED) is 0.578. The zero-order chi connectivity index (χ0) is 19.3. The van der Waals surface area contributed by atoms with Crippen LogP contribution in [0.2, 0.25) is 0 Å². The first kappa shape index (κ1) is 19.4. The molecule has 4 rings (SSSR count). The minimum atomic E-state index is 0.498. The molecule has 150 valence electrons. The van der Waals surface area contributed by atoms with Crippen LogP contribution in [0, 0.1) is 0 Å². The van der Waals surface area contributed by atoms with Gasteiger partial charge in [-0.25, -0.2) is 4.98 Å². The average Bonchev–Trinajstić information content (AvgIpc) is 3.27. The highest BCUT2D eigenvalue weighted by Crippen LogP contribution is 2.36. The lowest BCUT2D eigenvalue weighted by molar-refractivity contribution is 0.114. The van der Waals surface area contributed by atoms with Crippen LogP contribution in [0.5, 0.6) is 0 Å². The van der Waals surface area contributed by atoms with Gasteiger partial charge in [0.25, 0.3) is 0 Å². The maximum absolute atomic E-state index is 4.49. The molecular weight excluding hydrogens is 366 g/mol. The van der Waals surface area contributed by atoms with Gasteiger partial charge in [-0.2, -0.15) is 0 Å². The summed E-state index contributed by atoms with van der Waals surface area (Å²) in [5.41, 5.74) is 1.43. The molecule has 5 nitrogen and oxygen atoms in total. The van der Waals surface area contributed by atoms with Crippen LogP contribution in [0.25, 0.3) is 0 Å². The van der Waals surface area contributed by atoms with E-state index in [-0.39, 0.29) is 0 Å². The molecule has 1 aromatic heterocycles. The normalized spacial score (nSPS) is 25.1. The number of benzene rings is 1. The van der Waals surface area contributed by atoms with Crippen molar-refractivity contribution in [3.05, 3.63) is 52.0 Å². The zero-order valence-corrected chi connectivity index (χ0v) is 17.7. The summed E-state index contributed by atoms with van der Waals surface area (Å²) in [5, 5.41) is 8.24. The molecule has 0 aliphatic carbocycles. The van der Waals surface area contributed by atoms with E-state index in [1.807, 2.05) is 13.2 Å². The molecule has 2 aliphatic rings. The molecule has 0 spiro atoms. The Balaban J connectivity index is 1.30. The Bertz CT molecular complexity index is 773. The Morgan fingerprint density at radius 2 is 1.96 bits per heavy atom. The van der Waals surface area contributed by atoms with E-state index in [1.165, 1.54) is 36.1 Å². The third-order valence-electron chi connectivity index (χ3n) is 6.01. The number of nitrogens with one attached hydrogen (secondary N) is 2. The Morgan fingerprint density at radius 1 is 1.21 bits per heavy atom. The summed E-state index contributed by atoms with van der Waals surface area (Å²) in [7, 11) is 1.85. The second kappa shape index (κ2) is 9.05. The van der Waals surface area contributed by atoms with Crippen LogP contribution < -0.4 is 10.6 Å². The molecule has 2 unspecified atom stereocenters. The van der Waals surface area contributed by atoms with E-state index >= 15 is 0 Å². The maximum atomic E-state index is 4.49. The molecule has 1 aromatic carbocycles. The Kier molecular flexibility index (Phi) is 6.27. The number of hydrogen-bond acceptors (Lipinski definition) is 4. The minimum Gasteiger partial charge on any atom is -0.354 e. The number of piperidine rings is 1. The predicted octanol–water partition coefficient (Wildman–Crippen LogP) is 3.57. The Morgan fingerprint density at radius 3 is 2.61 bits per heavy atom. The van der Waals surface area contributed by atoms with E-state index < -0.39 is 0 Å². The summed E-state index contributed by atoms with van der Waals surface area (Å²) in [5.74, 6) is 0.897. The lowest BCUT2D eigenvalue weighted by atomic mass is 9.96. The Hall–Kier alpha value is -1.92. The van der Waals surface area contributed by atoms with Crippen LogP contribution in [0.3, 0.4) is 0 Å². The summed E-state index contributed by atoms with van der Waals surface area (Å²) in [6.45, 7) is 3.99. The monoisotopic (exact) mass is 397 g/mol. The van der Waals surface area contributed by atoms with Crippen molar-refractivity contribution in [2.75, 3.05) is 7.05 Å². The van der Waals surface area contributed by atoms with Crippen LogP contribution in [0.4, 0.5) is 0 Å². The highest BCUT2D eigenvalue weighted by molar-refractivity contribution is 7.11. The van der Waals surface area contributed by atoms with Crippen molar-refractivity contribution in [1.82, 2.24) is 20.5 Å². The van der Waals surface area contributed by atoms with Crippen LogP contribution in [0.1, 0.15) is 48.1 Å². The van der Waals surface area contributed by atoms with Crippen LogP contribution >= 0.6 is 11.3 Å². The number of fused-ring (bicyclic) bond motifs is 2. The van der Waals surface area contributed by atoms with Crippen LogP contribution in [0.15, 0.2) is 41.5 Å². The van der Waals surface area contributed by atoms with Gasteiger partial charge in [0.05, 0.1) is 6.54 Å². The van der Waals surface area contributed by atoms with Crippen molar-refractivity contribution < 1.29 is 0 Å². The van der Waals surface area contributed by atoms with E-state index in [4.69, 9.17) is 0 Å². The third kappa shape index (κ3) is 4.55. The molecule has 2 fully saturated rings. The largest absolute Gasteiger partial charge is 0.354 e. The van der Waals surface area contributed by atoms with Gasteiger partial charge in [0.15, 0.2) is 5.96 Å². The third-order valence-corrected chi connectivity index (χ3v) is 7.16. The molecule has 2 atom stereocenters. The van der Waals surface area contributed by atoms with Gasteiger partial charge < -0.3 is 10.6 Å². The summed E-state index contributed by atoms with van der Waals surface area (Å²) < 4.78 is 0. The lowest BCUT2D eigenvalue weighted by Crippen LogP contribution is -2.52. The van der Waals surface area contributed by atoms with Gasteiger partial charge in [0, 0.05) is 42.8 Å². The molecule has 3 heterocycles. The lowest BCUT2D eigenvalue weighted by Gasteiger charge is -2.39. The van der Waals surface area contributed by atoms with Crippen molar-refractivity contribution in [2.24, 2.45) is 4.99 Å². The van der Waals surface area contributed by atoms with Gasteiger partial charge in [-0.3, -0.25) is 9.89 Å². The molecule has 0 amide bonds. The summed E-state index contributed by atoms with van der Waals surface area (Å²) in [6.07, 6.45) is 8.07. The molecule has 0 saturated carbocycles. The van der Waals surface area contributed by atoms with E-state index in [0.717, 1.165) is 30.5 Å². The SMILES string of the molecule is CCc1cnc(CNC(=NC)NC2CC3CCC(C2)N3Cc2ccccc2)s1. The first-order chi connectivity index (χ1) is 13.7. The average molecular weight is 398 g/mol. The predicted molar refractivity (Wildman–Crippen MR) is 117 cm³/mol. The van der Waals surface area contributed by atoms with Crippen molar-refractivity contribution >= 4 is 17.3 Å². The smallest absolute Gasteiger partial charge is 0.191 e. The maximum Gasteiger partial charge on any atom is 0.191 e. The van der Waals surface area contributed by atoms with Gasteiger partial charge in [-0.15, -0.1) is 11.3 Å². The van der Waals surface area contributed by atoms with Gasteiger partial charge in [-0.1, -0.05) is 37.3 Å². The first-order valence-corrected chi connectivity index (χ1v) is 11.3. The number of thiazole rings is 1. The number of aryl methyl sites for hydroxylation is 1. The van der Waals surface area contributed by atoms with Gasteiger partial charge >= 0.3 is 0 Å². The molecule has 28 heavy (non-hydrogen) atoms. The van der Waals surface area contributed by atoms with E-state index in [2.05, 4.69) is 62.8 Å². The minimum absolute atomic E-state index is 0.498. The highest BCUT2D eigenvalue weighted by atomic mass is 32.1. The number of nitrogens with zero attached hydrogens (tertiary/aromatic N) is 3. The van der Waals surface area contributed by atoms with Crippen LogP contribution in [-0.4, -0.2) is 41.0 Å². The number of guanidine groups is 1. The van der Waals surface area contributed by atoms with Crippen molar-refractivity contribution in [2.45, 2.75) is 70.2 Å². The summed E-state index contributed by atoms with van der Waals surface area (Å²) in [6, 6.07) is 12.7. The standard InChI is InChI=1S/C22H31N5S/c1-3-20-13-24-21(28-20)14-25-22(23-2)26-17-11-18-9-10-19(12-17)27(18)15-16-7-5-4-6-8-16/h4-8,13,17-19H,3,9-12,14-15H2,1-2H3,(H2,23,25,26). The number of aliphatic imine (C=N–C) groups is 1. The van der Waals surface area contributed by atoms with E-state index in [9.17, 15) is 0 Å². The summed E-state index contributed by atoms with van der Waals surface area (Å²) in [4.78, 5) is 13.0. The number of hydrogen-bond donors (Lipinski definition) is 2. The molecule has 2 N–H and O–H groups in total. The fraction of sp³-hybridized carbons (Fsp3) is 0.545. The zero-order valence-electron chi connectivity index (χ0n) is 16.9. The summed E-state index contributed by atoms with van der Waals surface area (Å²) >= 11 is 1.78. The number of aromatic nitrogens is 1. The molecular formula is C22H31N5S. The number of rotatable bonds is 6. The van der Waals surface area contributed by atoms with Gasteiger partial charge in [0.2, 0.25) is 0 Å². The molecule has 2 saturated heterocycles. The molecule has 0 radical (unpaired) electrons. The van der Waals surface area contributed by atoms with Crippen molar-refractivity contribution in [3.63, 3.8) is 0 Å². The fourth-order valence-corrected chi connectivity index (χ4v) is 5.39. The molecule has 2 aliphatic heterocycles. The molecule has 6 heteroatoms. The van der Waals surface area contributed by atoms with Crippen LogP contribution in [-0.2, 0) is 19.5 Å². The van der Waals surface area contributed by atoms with Crippen molar-refractivity contribution in [3.8, 4) is 0 Å². The second-order valence-electron chi connectivity index (χ2n) is 7.86. The molecule has 2 aromatic rings. The highest BCUT2D eigenvalue weighted by Gasteiger charge is 2.40. The molecule has 2 bridgehead atoms. The second-order valence-corrected chi connectivity index (χ2v) is 9.05.